The number of esters is 1. The molecule has 16 heavy (non-hydrogen) atoms. The molecule has 0 N–H and O–H groups in total. The van der Waals surface area contributed by atoms with E-state index in [1.165, 1.54) is 13.5 Å². The van der Waals surface area contributed by atoms with Crippen LogP contribution in [0.5, 0.6) is 0 Å². The van der Waals surface area contributed by atoms with Crippen LogP contribution < -0.4 is 0 Å². The highest BCUT2D eigenvalue weighted by molar-refractivity contribution is 5.70. The summed E-state index contributed by atoms with van der Waals surface area (Å²) in [7, 11) is 1.48. The number of carbonyl (C=O) groups excluding carboxylic acids is 1. The number of carbonyl (C=O) groups is 1. The van der Waals surface area contributed by atoms with Crippen LogP contribution in [0.15, 0.2) is 0 Å². The van der Waals surface area contributed by atoms with Gasteiger partial charge in [-0.05, 0) is 35.5 Å². The van der Waals surface area contributed by atoms with Crippen molar-refractivity contribution >= 4 is 5.97 Å². The smallest absolute Gasteiger partial charge is 0.306 e. The van der Waals surface area contributed by atoms with Crippen LogP contribution in [0.2, 0.25) is 0 Å². The molecule has 1 aliphatic rings. The van der Waals surface area contributed by atoms with Crippen molar-refractivity contribution in [2.75, 3.05) is 7.11 Å². The minimum Gasteiger partial charge on any atom is -0.469 e. The molecular formula is C14H26O2. The van der Waals surface area contributed by atoms with Crippen LogP contribution in [0.25, 0.3) is 0 Å². The summed E-state index contributed by atoms with van der Waals surface area (Å²) < 4.78 is 4.83. The molecule has 2 heteroatoms. The van der Waals surface area contributed by atoms with Gasteiger partial charge in [-0.3, -0.25) is 4.79 Å². The molecule has 0 saturated heterocycles. The maximum Gasteiger partial charge on any atom is 0.306 e. The van der Waals surface area contributed by atoms with E-state index in [0.29, 0.717) is 18.3 Å². The van der Waals surface area contributed by atoms with Gasteiger partial charge in [0.2, 0.25) is 0 Å². The maximum atomic E-state index is 11.5. The van der Waals surface area contributed by atoms with Gasteiger partial charge in [0.25, 0.3) is 0 Å². The summed E-state index contributed by atoms with van der Waals surface area (Å²) in [6.45, 7) is 11.4. The van der Waals surface area contributed by atoms with E-state index in [9.17, 15) is 4.79 Å². The van der Waals surface area contributed by atoms with Gasteiger partial charge in [-0.25, -0.2) is 0 Å². The molecular weight excluding hydrogens is 200 g/mol. The van der Waals surface area contributed by atoms with E-state index < -0.39 is 0 Å². The van der Waals surface area contributed by atoms with Gasteiger partial charge in [0.1, 0.15) is 0 Å². The monoisotopic (exact) mass is 226 g/mol. The van der Waals surface area contributed by atoms with Crippen LogP contribution in [0.3, 0.4) is 0 Å². The largest absolute Gasteiger partial charge is 0.469 e. The summed E-state index contributed by atoms with van der Waals surface area (Å²) in [5.74, 6) is 1.33. The number of hydrogen-bond acceptors (Lipinski definition) is 2. The standard InChI is InChI=1S/C14H26O2/c1-10(2)11-7-8-14(5,13(11,3)4)9-12(15)16-6/h10-11H,7-9H2,1-6H3/t11?,14-/m1/s1. The van der Waals surface area contributed by atoms with Crippen LogP contribution in [-0.2, 0) is 9.53 Å². The highest BCUT2D eigenvalue weighted by Crippen LogP contribution is 2.59. The third-order valence-corrected chi connectivity index (χ3v) is 5.06. The predicted molar refractivity (Wildman–Crippen MR) is 66.1 cm³/mol. The highest BCUT2D eigenvalue weighted by Gasteiger charge is 2.52. The molecule has 2 nitrogen and oxygen atoms in total. The number of hydrogen-bond donors (Lipinski definition) is 0. The Hall–Kier alpha value is -0.530. The second-order valence-corrected chi connectivity index (χ2v) is 6.42. The van der Waals surface area contributed by atoms with Crippen molar-refractivity contribution < 1.29 is 9.53 Å². The molecule has 0 aromatic heterocycles. The summed E-state index contributed by atoms with van der Waals surface area (Å²) in [6, 6.07) is 0. The summed E-state index contributed by atoms with van der Waals surface area (Å²) in [4.78, 5) is 11.5. The first kappa shape index (κ1) is 13.5. The third-order valence-electron chi connectivity index (χ3n) is 5.06. The van der Waals surface area contributed by atoms with Gasteiger partial charge in [-0.2, -0.15) is 0 Å². The minimum absolute atomic E-state index is 0.0695. The van der Waals surface area contributed by atoms with Crippen molar-refractivity contribution in [2.24, 2.45) is 22.7 Å². The molecule has 1 rings (SSSR count). The Labute approximate surface area is 99.8 Å². The molecule has 0 spiro atoms. The molecule has 0 heterocycles. The van der Waals surface area contributed by atoms with E-state index in [1.807, 2.05) is 0 Å². The Kier molecular flexibility index (Phi) is 3.71. The molecule has 0 aliphatic heterocycles. The topological polar surface area (TPSA) is 26.3 Å². The summed E-state index contributed by atoms with van der Waals surface area (Å²) >= 11 is 0. The van der Waals surface area contributed by atoms with E-state index in [-0.39, 0.29) is 16.8 Å². The van der Waals surface area contributed by atoms with Crippen LogP contribution in [0, 0.1) is 22.7 Å². The zero-order valence-corrected chi connectivity index (χ0v) is 11.6. The van der Waals surface area contributed by atoms with Crippen molar-refractivity contribution in [2.45, 2.75) is 53.9 Å². The third kappa shape index (κ3) is 2.11. The van der Waals surface area contributed by atoms with Gasteiger partial charge in [-0.1, -0.05) is 34.6 Å². The van der Waals surface area contributed by atoms with Crippen LogP contribution >= 0.6 is 0 Å². The molecule has 0 radical (unpaired) electrons. The van der Waals surface area contributed by atoms with Crippen LogP contribution in [-0.4, -0.2) is 13.1 Å². The summed E-state index contributed by atoms with van der Waals surface area (Å²) in [6.07, 6.45) is 2.93. The Morgan fingerprint density at radius 2 is 1.94 bits per heavy atom. The number of rotatable bonds is 3. The Balaban J connectivity index is 2.87. The molecule has 1 unspecified atom stereocenters. The fourth-order valence-electron chi connectivity index (χ4n) is 3.48. The van der Waals surface area contributed by atoms with E-state index >= 15 is 0 Å². The zero-order chi connectivity index (χ0) is 12.6. The molecule has 0 bridgehead atoms. The first-order valence-electron chi connectivity index (χ1n) is 6.31. The van der Waals surface area contributed by atoms with Gasteiger partial charge in [-0.15, -0.1) is 0 Å². The normalized spacial score (nSPS) is 33.1. The van der Waals surface area contributed by atoms with Crippen molar-refractivity contribution in [3.63, 3.8) is 0 Å². The molecule has 0 aromatic rings. The van der Waals surface area contributed by atoms with Crippen LogP contribution in [0.1, 0.15) is 53.9 Å². The van der Waals surface area contributed by atoms with Gasteiger partial charge < -0.3 is 4.74 Å². The van der Waals surface area contributed by atoms with Crippen molar-refractivity contribution in [3.05, 3.63) is 0 Å². The molecule has 1 saturated carbocycles. The quantitative estimate of drug-likeness (QED) is 0.687. The molecule has 1 fully saturated rings. The lowest BCUT2D eigenvalue weighted by atomic mass is 9.62. The molecule has 0 amide bonds. The van der Waals surface area contributed by atoms with Crippen molar-refractivity contribution in [3.8, 4) is 0 Å². The SMILES string of the molecule is COC(=O)C[C@@]1(C)CCC(C(C)C)C1(C)C. The fraction of sp³-hybridized carbons (Fsp3) is 0.929. The first-order chi connectivity index (χ1) is 7.24. The molecule has 94 valence electrons. The molecule has 1 aliphatic carbocycles. The van der Waals surface area contributed by atoms with E-state index in [4.69, 9.17) is 4.74 Å². The average molecular weight is 226 g/mol. The van der Waals surface area contributed by atoms with Gasteiger partial charge in [0.15, 0.2) is 0 Å². The Morgan fingerprint density at radius 1 is 1.38 bits per heavy atom. The second kappa shape index (κ2) is 4.38. The lowest BCUT2D eigenvalue weighted by molar-refractivity contribution is -0.145. The number of ether oxygens (including phenoxy) is 1. The second-order valence-electron chi connectivity index (χ2n) is 6.42. The number of methoxy groups -OCH3 is 1. The molecule has 2 atom stereocenters. The van der Waals surface area contributed by atoms with Gasteiger partial charge in [0, 0.05) is 0 Å². The molecule has 0 aromatic carbocycles. The summed E-state index contributed by atoms with van der Waals surface area (Å²) in [5, 5.41) is 0. The van der Waals surface area contributed by atoms with E-state index in [1.54, 1.807) is 0 Å². The van der Waals surface area contributed by atoms with Crippen LogP contribution in [0.4, 0.5) is 0 Å². The fourth-order valence-corrected chi connectivity index (χ4v) is 3.48. The average Bonchev–Trinajstić information content (AvgIpc) is 2.38. The van der Waals surface area contributed by atoms with Gasteiger partial charge in [0.05, 0.1) is 13.5 Å². The predicted octanol–water partition coefficient (Wildman–Crippen LogP) is 3.65. The first-order valence-corrected chi connectivity index (χ1v) is 6.31. The van der Waals surface area contributed by atoms with Crippen molar-refractivity contribution in [1.82, 2.24) is 0 Å². The zero-order valence-electron chi connectivity index (χ0n) is 11.6. The maximum absolute atomic E-state index is 11.5. The summed E-state index contributed by atoms with van der Waals surface area (Å²) in [5.41, 5.74) is 0.310. The van der Waals surface area contributed by atoms with E-state index in [0.717, 1.165) is 6.42 Å². The van der Waals surface area contributed by atoms with Crippen molar-refractivity contribution in [1.29, 1.82) is 0 Å². The Morgan fingerprint density at radius 3 is 2.31 bits per heavy atom. The lowest BCUT2D eigenvalue weighted by Gasteiger charge is -2.42. The highest BCUT2D eigenvalue weighted by atomic mass is 16.5. The van der Waals surface area contributed by atoms with E-state index in [2.05, 4.69) is 34.6 Å². The minimum atomic E-state index is -0.0695. The Bertz CT molecular complexity index is 268. The lowest BCUT2D eigenvalue weighted by Crippen LogP contribution is -2.37. The van der Waals surface area contributed by atoms with Gasteiger partial charge >= 0.3 is 5.97 Å².